The van der Waals surface area contributed by atoms with Crippen molar-refractivity contribution in [3.8, 4) is 6.01 Å². The lowest BCUT2D eigenvalue weighted by molar-refractivity contribution is -0.117. The molecule has 1 aromatic heterocycles. The summed E-state index contributed by atoms with van der Waals surface area (Å²) in [6.45, 7) is 3.01. The van der Waals surface area contributed by atoms with E-state index in [0.717, 1.165) is 11.1 Å². The van der Waals surface area contributed by atoms with Crippen molar-refractivity contribution in [3.05, 3.63) is 47.2 Å². The smallest absolute Gasteiger partial charge is 0.318 e. The van der Waals surface area contributed by atoms with Crippen molar-refractivity contribution < 1.29 is 19.1 Å². The van der Waals surface area contributed by atoms with Gasteiger partial charge in [-0.25, -0.2) is 4.98 Å². The van der Waals surface area contributed by atoms with Crippen LogP contribution in [0.1, 0.15) is 34.8 Å². The third-order valence-electron chi connectivity index (χ3n) is 4.17. The summed E-state index contributed by atoms with van der Waals surface area (Å²) in [6.07, 6.45) is 2.38. The van der Waals surface area contributed by atoms with Crippen LogP contribution in [0.5, 0.6) is 6.01 Å². The first-order chi connectivity index (χ1) is 12.6. The van der Waals surface area contributed by atoms with Crippen LogP contribution in [-0.4, -0.2) is 42.0 Å². The van der Waals surface area contributed by atoms with E-state index in [1.807, 2.05) is 19.1 Å². The molecule has 0 bridgehead atoms. The van der Waals surface area contributed by atoms with E-state index in [4.69, 9.17) is 9.47 Å². The Morgan fingerprint density at radius 1 is 1.23 bits per heavy atom. The molecule has 7 nitrogen and oxygen atoms in total. The number of carbonyl (C=O) groups excluding carboxylic acids is 2. The Hall–Kier alpha value is -2.80. The van der Waals surface area contributed by atoms with Crippen LogP contribution in [0, 0.1) is 0 Å². The molecule has 136 valence electrons. The fourth-order valence-corrected chi connectivity index (χ4v) is 2.75. The zero-order chi connectivity index (χ0) is 18.5. The highest BCUT2D eigenvalue weighted by Crippen LogP contribution is 2.29. The van der Waals surface area contributed by atoms with Gasteiger partial charge in [0.2, 0.25) is 5.91 Å². The summed E-state index contributed by atoms with van der Waals surface area (Å²) in [4.78, 5) is 34.2. The molecule has 1 aromatic carbocycles. The van der Waals surface area contributed by atoms with Gasteiger partial charge in [0.15, 0.2) is 5.78 Å². The van der Waals surface area contributed by atoms with Crippen molar-refractivity contribution in [3.63, 3.8) is 0 Å². The highest BCUT2D eigenvalue weighted by atomic mass is 16.5. The lowest BCUT2D eigenvalue weighted by atomic mass is 10.1. The van der Waals surface area contributed by atoms with Crippen molar-refractivity contribution in [1.82, 2.24) is 9.97 Å². The van der Waals surface area contributed by atoms with Gasteiger partial charge in [0.1, 0.15) is 12.4 Å². The van der Waals surface area contributed by atoms with Crippen LogP contribution in [0.15, 0.2) is 30.5 Å². The number of rotatable bonds is 8. The van der Waals surface area contributed by atoms with E-state index in [1.165, 1.54) is 0 Å². The zero-order valence-corrected chi connectivity index (χ0v) is 14.9. The van der Waals surface area contributed by atoms with E-state index in [2.05, 4.69) is 9.97 Å². The van der Waals surface area contributed by atoms with E-state index in [1.54, 1.807) is 30.3 Å². The molecule has 0 N–H and O–H groups in total. The summed E-state index contributed by atoms with van der Waals surface area (Å²) >= 11 is 0. The minimum atomic E-state index is -0.0305. The number of fused-ring (bicyclic) bond motifs is 1. The van der Waals surface area contributed by atoms with E-state index >= 15 is 0 Å². The summed E-state index contributed by atoms with van der Waals surface area (Å²) in [6, 6.07) is 7.55. The average Bonchev–Trinajstić information content (AvgIpc) is 2.97. The van der Waals surface area contributed by atoms with E-state index in [-0.39, 0.29) is 24.1 Å². The number of ether oxygens (including phenoxy) is 2. The molecule has 0 fully saturated rings. The Morgan fingerprint density at radius 2 is 2.00 bits per heavy atom. The van der Waals surface area contributed by atoms with Crippen LogP contribution in [-0.2, 0) is 22.5 Å². The Bertz CT molecular complexity index is 805. The fourth-order valence-electron chi connectivity index (χ4n) is 2.75. The number of Topliss-reactive ketones (excluding diaryl/α,β-unsaturated/α-hetero) is 1. The second-order valence-corrected chi connectivity index (χ2v) is 5.97. The van der Waals surface area contributed by atoms with Crippen molar-refractivity contribution in [2.45, 2.75) is 26.3 Å². The largest absolute Gasteiger partial charge is 0.461 e. The van der Waals surface area contributed by atoms with Gasteiger partial charge >= 0.3 is 6.01 Å². The van der Waals surface area contributed by atoms with Crippen molar-refractivity contribution in [1.29, 1.82) is 0 Å². The van der Waals surface area contributed by atoms with E-state index in [0.29, 0.717) is 37.6 Å². The lowest BCUT2D eigenvalue weighted by Crippen LogP contribution is -2.26. The Morgan fingerprint density at radius 3 is 2.69 bits per heavy atom. The number of nitrogens with zero attached hydrogens (tertiary/aromatic N) is 3. The number of benzene rings is 1. The van der Waals surface area contributed by atoms with Crippen molar-refractivity contribution in [2.75, 3.05) is 25.2 Å². The molecule has 0 spiro atoms. The van der Waals surface area contributed by atoms with E-state index < -0.39 is 0 Å². The van der Waals surface area contributed by atoms with Gasteiger partial charge in [0, 0.05) is 30.9 Å². The number of anilines is 1. The first-order valence-corrected chi connectivity index (χ1v) is 8.52. The fraction of sp³-hybridized carbons (Fsp3) is 0.368. The van der Waals surface area contributed by atoms with Crippen LogP contribution in [0.25, 0.3) is 0 Å². The molecule has 1 aliphatic heterocycles. The molecule has 7 heteroatoms. The topological polar surface area (TPSA) is 81.6 Å². The molecule has 0 saturated carbocycles. The van der Waals surface area contributed by atoms with E-state index in [9.17, 15) is 9.59 Å². The normalized spacial score (nSPS) is 13.0. The summed E-state index contributed by atoms with van der Waals surface area (Å²) in [7, 11) is 1.59. The highest BCUT2D eigenvalue weighted by Gasteiger charge is 2.30. The van der Waals surface area contributed by atoms with Gasteiger partial charge < -0.3 is 9.47 Å². The third kappa shape index (κ3) is 3.88. The van der Waals surface area contributed by atoms with Crippen LogP contribution in [0.3, 0.4) is 0 Å². The minimum absolute atomic E-state index is 0.0305. The summed E-state index contributed by atoms with van der Waals surface area (Å²) in [5, 5.41) is 0. The van der Waals surface area contributed by atoms with Gasteiger partial charge in [-0.2, -0.15) is 4.98 Å². The molecule has 1 amide bonds. The third-order valence-corrected chi connectivity index (χ3v) is 4.17. The molecule has 3 rings (SSSR count). The van der Waals surface area contributed by atoms with Gasteiger partial charge in [-0.3, -0.25) is 14.5 Å². The first-order valence-electron chi connectivity index (χ1n) is 8.52. The number of aromatic nitrogens is 2. The van der Waals surface area contributed by atoms with Gasteiger partial charge in [0.05, 0.1) is 19.6 Å². The first kappa shape index (κ1) is 18.0. The van der Waals surface area contributed by atoms with Gasteiger partial charge in [-0.1, -0.05) is 31.2 Å². The molecule has 2 aromatic rings. The SMILES string of the molecule is CCC(=O)c1ccc(CN2C(=O)Cc3cnc(OCCOC)nc32)cc1. The van der Waals surface area contributed by atoms with Crippen LogP contribution >= 0.6 is 0 Å². The predicted octanol–water partition coefficient (Wildman–Crippen LogP) is 2.18. The molecule has 0 aliphatic carbocycles. The predicted molar refractivity (Wildman–Crippen MR) is 95.4 cm³/mol. The Labute approximate surface area is 152 Å². The molecule has 0 unspecified atom stereocenters. The lowest BCUT2D eigenvalue weighted by Gasteiger charge is -2.17. The molecule has 2 heterocycles. The van der Waals surface area contributed by atoms with Crippen molar-refractivity contribution >= 4 is 17.5 Å². The maximum atomic E-state index is 12.4. The maximum Gasteiger partial charge on any atom is 0.318 e. The minimum Gasteiger partial charge on any atom is -0.461 e. The summed E-state index contributed by atoms with van der Waals surface area (Å²) in [5.41, 5.74) is 2.40. The van der Waals surface area contributed by atoms with Gasteiger partial charge in [-0.15, -0.1) is 0 Å². The van der Waals surface area contributed by atoms with Crippen molar-refractivity contribution in [2.24, 2.45) is 0 Å². The summed E-state index contributed by atoms with van der Waals surface area (Å²) in [5.74, 6) is 0.646. The summed E-state index contributed by atoms with van der Waals surface area (Å²) < 4.78 is 10.4. The molecular weight excluding hydrogens is 334 g/mol. The molecule has 0 saturated heterocycles. The molecule has 0 atom stereocenters. The second-order valence-electron chi connectivity index (χ2n) is 5.97. The van der Waals surface area contributed by atoms with Crippen LogP contribution in [0.4, 0.5) is 5.82 Å². The number of methoxy groups -OCH3 is 1. The molecular formula is C19H21N3O4. The number of carbonyl (C=O) groups is 2. The number of hydrogen-bond acceptors (Lipinski definition) is 6. The number of ketones is 1. The van der Waals surface area contributed by atoms with Crippen LogP contribution < -0.4 is 9.64 Å². The molecule has 1 aliphatic rings. The highest BCUT2D eigenvalue weighted by molar-refractivity contribution is 6.00. The standard InChI is InChI=1S/C19H21N3O4/c1-3-16(23)14-6-4-13(5-7-14)12-22-17(24)10-15-11-20-19(21-18(15)22)26-9-8-25-2/h4-7,11H,3,8-10,12H2,1-2H3. The van der Waals surface area contributed by atoms with Gasteiger partial charge in [-0.05, 0) is 5.56 Å². The van der Waals surface area contributed by atoms with Crippen LogP contribution in [0.2, 0.25) is 0 Å². The zero-order valence-electron chi connectivity index (χ0n) is 14.9. The quantitative estimate of drug-likeness (QED) is 0.533. The number of hydrogen-bond donors (Lipinski definition) is 0. The Kier molecular flexibility index (Phi) is 5.58. The molecule has 26 heavy (non-hydrogen) atoms. The molecule has 0 radical (unpaired) electrons. The monoisotopic (exact) mass is 355 g/mol. The number of amides is 1. The van der Waals surface area contributed by atoms with Gasteiger partial charge in [0.25, 0.3) is 0 Å². The average molecular weight is 355 g/mol. The second kappa shape index (κ2) is 8.05. The Balaban J connectivity index is 1.76. The maximum absolute atomic E-state index is 12.4.